The number of hydrogen-bond donors (Lipinski definition) is 1. The van der Waals surface area contributed by atoms with Crippen LogP contribution in [0.15, 0.2) is 95.9 Å². The fourth-order valence-electron chi connectivity index (χ4n) is 5.02. The minimum atomic E-state index is -3.87. The van der Waals surface area contributed by atoms with Crippen molar-refractivity contribution in [3.05, 3.63) is 129 Å². The molecule has 4 aromatic rings. The standard InChI is InChI=1S/C32H31ClN2O3S/c1-22-11-18-29(33)20-31(22)35(39(37,38)30-9-4-3-5-10-30)21-24-12-14-26(15-13-24)32(36)34-23(2)27-17-16-25-7-6-8-28(25)19-27/h3-5,9-20,23H,6-8,21H2,1-2H3,(H,34,36)/t23-/m1/s1. The number of amides is 1. The Labute approximate surface area is 235 Å². The van der Waals surface area contributed by atoms with E-state index < -0.39 is 10.0 Å². The van der Waals surface area contributed by atoms with Crippen molar-refractivity contribution in [1.29, 1.82) is 0 Å². The van der Waals surface area contributed by atoms with E-state index in [1.807, 2.05) is 13.8 Å². The molecule has 1 N–H and O–H groups in total. The van der Waals surface area contributed by atoms with Crippen molar-refractivity contribution in [2.75, 3.05) is 4.31 Å². The zero-order chi connectivity index (χ0) is 27.6. The van der Waals surface area contributed by atoms with Crippen LogP contribution in [0.4, 0.5) is 5.69 Å². The van der Waals surface area contributed by atoms with Gasteiger partial charge in [0.25, 0.3) is 15.9 Å². The van der Waals surface area contributed by atoms with Gasteiger partial charge in [0, 0.05) is 10.6 Å². The van der Waals surface area contributed by atoms with Gasteiger partial charge in [-0.25, -0.2) is 8.42 Å². The van der Waals surface area contributed by atoms with Crippen LogP contribution in [-0.2, 0) is 29.4 Å². The summed E-state index contributed by atoms with van der Waals surface area (Å²) < 4.78 is 28.8. The quantitative estimate of drug-likeness (QED) is 0.252. The molecule has 0 unspecified atom stereocenters. The van der Waals surface area contributed by atoms with Gasteiger partial charge in [0.2, 0.25) is 0 Å². The van der Waals surface area contributed by atoms with Crippen molar-refractivity contribution in [2.45, 2.75) is 50.6 Å². The highest BCUT2D eigenvalue weighted by molar-refractivity contribution is 7.92. The third-order valence-electron chi connectivity index (χ3n) is 7.28. The number of nitrogens with one attached hydrogen (secondary N) is 1. The fourth-order valence-corrected chi connectivity index (χ4v) is 6.72. The molecule has 5 rings (SSSR count). The summed E-state index contributed by atoms with van der Waals surface area (Å²) in [5.41, 5.74) is 6.44. The summed E-state index contributed by atoms with van der Waals surface area (Å²) in [6, 6.07) is 27.0. The molecule has 5 nitrogen and oxygen atoms in total. The molecule has 1 aliphatic rings. The minimum absolute atomic E-state index is 0.0891. The summed E-state index contributed by atoms with van der Waals surface area (Å²) in [6.07, 6.45) is 3.41. The van der Waals surface area contributed by atoms with Crippen LogP contribution in [0, 0.1) is 6.92 Å². The second-order valence-electron chi connectivity index (χ2n) is 10.0. The maximum atomic E-state index is 13.7. The maximum absolute atomic E-state index is 13.7. The van der Waals surface area contributed by atoms with E-state index >= 15 is 0 Å². The molecule has 0 saturated carbocycles. The van der Waals surface area contributed by atoms with E-state index in [2.05, 4.69) is 23.5 Å². The van der Waals surface area contributed by atoms with Gasteiger partial charge in [-0.3, -0.25) is 9.10 Å². The van der Waals surface area contributed by atoms with Crippen LogP contribution in [-0.4, -0.2) is 14.3 Å². The molecule has 0 heterocycles. The van der Waals surface area contributed by atoms with E-state index in [9.17, 15) is 13.2 Å². The highest BCUT2D eigenvalue weighted by Crippen LogP contribution is 2.31. The van der Waals surface area contributed by atoms with E-state index in [0.29, 0.717) is 16.3 Å². The van der Waals surface area contributed by atoms with Crippen molar-refractivity contribution in [3.63, 3.8) is 0 Å². The van der Waals surface area contributed by atoms with E-state index in [0.717, 1.165) is 29.5 Å². The monoisotopic (exact) mass is 558 g/mol. The van der Waals surface area contributed by atoms with Gasteiger partial charge in [-0.15, -0.1) is 0 Å². The van der Waals surface area contributed by atoms with Crippen molar-refractivity contribution >= 4 is 33.2 Å². The van der Waals surface area contributed by atoms with Gasteiger partial charge in [-0.05, 0) is 97.3 Å². The topological polar surface area (TPSA) is 66.5 Å². The number of carbonyl (C=O) groups excluding carboxylic acids is 1. The van der Waals surface area contributed by atoms with Crippen LogP contribution in [0.5, 0.6) is 0 Å². The Morgan fingerprint density at radius 2 is 1.64 bits per heavy atom. The maximum Gasteiger partial charge on any atom is 0.264 e. The number of hydrogen-bond acceptors (Lipinski definition) is 3. The smallest absolute Gasteiger partial charge is 0.264 e. The normalized spacial score (nSPS) is 13.5. The Hall–Kier alpha value is -3.61. The summed E-state index contributed by atoms with van der Waals surface area (Å²) in [4.78, 5) is 13.2. The van der Waals surface area contributed by atoms with E-state index in [1.54, 1.807) is 72.8 Å². The van der Waals surface area contributed by atoms with Gasteiger partial charge in [-0.1, -0.05) is 66.2 Å². The number of carbonyl (C=O) groups is 1. The lowest BCUT2D eigenvalue weighted by molar-refractivity contribution is 0.0940. The third-order valence-corrected chi connectivity index (χ3v) is 9.29. The molecule has 0 spiro atoms. The summed E-state index contributed by atoms with van der Waals surface area (Å²) in [5, 5.41) is 3.54. The molecule has 7 heteroatoms. The highest BCUT2D eigenvalue weighted by atomic mass is 35.5. The van der Waals surface area contributed by atoms with E-state index in [1.165, 1.54) is 21.9 Å². The molecular formula is C32H31ClN2O3S. The molecule has 1 aliphatic carbocycles. The van der Waals surface area contributed by atoms with Crippen molar-refractivity contribution in [2.24, 2.45) is 0 Å². The summed E-state index contributed by atoms with van der Waals surface area (Å²) in [5.74, 6) is -0.172. The lowest BCUT2D eigenvalue weighted by Gasteiger charge is -2.26. The first-order valence-electron chi connectivity index (χ1n) is 13.1. The average Bonchev–Trinajstić information content (AvgIpc) is 3.42. The zero-order valence-electron chi connectivity index (χ0n) is 22.0. The number of nitrogens with zero attached hydrogens (tertiary/aromatic N) is 1. The fraction of sp³-hybridized carbons (Fsp3) is 0.219. The molecule has 0 aliphatic heterocycles. The number of benzene rings is 4. The summed E-state index contributed by atoms with van der Waals surface area (Å²) >= 11 is 6.26. The third kappa shape index (κ3) is 5.87. The van der Waals surface area contributed by atoms with Crippen LogP contribution in [0.3, 0.4) is 0 Å². The second-order valence-corrected chi connectivity index (χ2v) is 12.3. The predicted octanol–water partition coefficient (Wildman–Crippen LogP) is 7.02. The predicted molar refractivity (Wildman–Crippen MR) is 157 cm³/mol. The lowest BCUT2D eigenvalue weighted by atomic mass is 10.0. The lowest BCUT2D eigenvalue weighted by Crippen LogP contribution is -2.31. The Kier molecular flexibility index (Phi) is 7.78. The van der Waals surface area contributed by atoms with Gasteiger partial charge in [0.1, 0.15) is 0 Å². The Bertz CT molecular complexity index is 1600. The van der Waals surface area contributed by atoms with Gasteiger partial charge in [0.15, 0.2) is 0 Å². The molecule has 0 radical (unpaired) electrons. The number of fused-ring (bicyclic) bond motifs is 1. The van der Waals surface area contributed by atoms with Crippen molar-refractivity contribution in [1.82, 2.24) is 5.32 Å². The minimum Gasteiger partial charge on any atom is -0.346 e. The molecule has 0 saturated heterocycles. The summed E-state index contributed by atoms with van der Waals surface area (Å²) in [6.45, 7) is 3.93. The van der Waals surface area contributed by atoms with E-state index in [4.69, 9.17) is 11.6 Å². The summed E-state index contributed by atoms with van der Waals surface area (Å²) in [7, 11) is -3.87. The first-order valence-corrected chi connectivity index (χ1v) is 14.9. The SMILES string of the molecule is Cc1ccc(Cl)cc1N(Cc1ccc(C(=O)N[C@H](C)c2ccc3c(c2)CCC3)cc1)S(=O)(=O)c1ccccc1. The number of anilines is 1. The largest absolute Gasteiger partial charge is 0.346 e. The number of rotatable bonds is 8. The van der Waals surface area contributed by atoms with Crippen LogP contribution in [0.2, 0.25) is 5.02 Å². The average molecular weight is 559 g/mol. The second kappa shape index (κ2) is 11.2. The molecule has 1 amide bonds. The first-order chi connectivity index (χ1) is 18.7. The van der Waals surface area contributed by atoms with Gasteiger partial charge < -0.3 is 5.32 Å². The van der Waals surface area contributed by atoms with Gasteiger partial charge >= 0.3 is 0 Å². The van der Waals surface area contributed by atoms with Crippen molar-refractivity contribution in [3.8, 4) is 0 Å². The van der Waals surface area contributed by atoms with Crippen molar-refractivity contribution < 1.29 is 13.2 Å². The zero-order valence-corrected chi connectivity index (χ0v) is 23.6. The van der Waals surface area contributed by atoms with Crippen LogP contribution >= 0.6 is 11.6 Å². The van der Waals surface area contributed by atoms with Gasteiger partial charge in [-0.2, -0.15) is 0 Å². The molecule has 200 valence electrons. The molecule has 4 aromatic carbocycles. The Balaban J connectivity index is 1.36. The first kappa shape index (κ1) is 27.0. The van der Waals surface area contributed by atoms with Crippen LogP contribution in [0.25, 0.3) is 0 Å². The number of halogens is 1. The molecule has 1 atom stereocenters. The highest BCUT2D eigenvalue weighted by Gasteiger charge is 2.27. The molecule has 0 fully saturated rings. The molecular weight excluding hydrogens is 528 g/mol. The van der Waals surface area contributed by atoms with Gasteiger partial charge in [0.05, 0.1) is 23.2 Å². The molecule has 0 bridgehead atoms. The molecule has 0 aromatic heterocycles. The number of aryl methyl sites for hydroxylation is 3. The Morgan fingerprint density at radius 3 is 2.38 bits per heavy atom. The molecule has 39 heavy (non-hydrogen) atoms. The van der Waals surface area contributed by atoms with Crippen LogP contribution in [0.1, 0.15) is 57.6 Å². The van der Waals surface area contributed by atoms with E-state index in [-0.39, 0.29) is 23.4 Å². The number of sulfonamides is 1. The van der Waals surface area contributed by atoms with Crippen LogP contribution < -0.4 is 9.62 Å². The Morgan fingerprint density at radius 1 is 0.923 bits per heavy atom.